The van der Waals surface area contributed by atoms with Gasteiger partial charge in [0.2, 0.25) is 6.41 Å². The van der Waals surface area contributed by atoms with E-state index in [1.807, 2.05) is 13.8 Å². The van der Waals surface area contributed by atoms with E-state index in [0.29, 0.717) is 19.3 Å². The molecule has 0 aromatic rings. The molecule has 1 aliphatic rings. The molecular weight excluding hydrogens is 182 g/mol. The maximum Gasteiger partial charge on any atom is 0.329 e. The SMILES string of the molecule is CC(C)N(C=O)C1(C(=O)O)CCCC1. The molecule has 4 nitrogen and oxygen atoms in total. The number of carboxylic acids is 1. The Labute approximate surface area is 83.9 Å². The Bertz CT molecular complexity index is 232. The molecule has 0 aromatic heterocycles. The Balaban J connectivity index is 2.96. The number of nitrogens with zero attached hydrogens (tertiary/aromatic N) is 1. The van der Waals surface area contributed by atoms with Gasteiger partial charge in [0.05, 0.1) is 0 Å². The van der Waals surface area contributed by atoms with Crippen molar-refractivity contribution >= 4 is 12.4 Å². The van der Waals surface area contributed by atoms with E-state index in [1.54, 1.807) is 0 Å². The normalized spacial score (nSPS) is 19.6. The maximum absolute atomic E-state index is 11.2. The van der Waals surface area contributed by atoms with Gasteiger partial charge in [-0.1, -0.05) is 12.8 Å². The van der Waals surface area contributed by atoms with E-state index in [0.717, 1.165) is 12.8 Å². The largest absolute Gasteiger partial charge is 0.479 e. The summed E-state index contributed by atoms with van der Waals surface area (Å²) in [6, 6.07) is -0.0540. The molecule has 1 N–H and O–H groups in total. The van der Waals surface area contributed by atoms with Gasteiger partial charge in [-0.2, -0.15) is 0 Å². The summed E-state index contributed by atoms with van der Waals surface area (Å²) in [5.41, 5.74) is -0.935. The molecule has 0 heterocycles. The van der Waals surface area contributed by atoms with Crippen molar-refractivity contribution in [1.82, 2.24) is 4.90 Å². The standard InChI is InChI=1S/C10H17NO3/c1-8(2)11(7-12)10(9(13)14)5-3-4-6-10/h7-8H,3-6H2,1-2H3,(H,13,14). The van der Waals surface area contributed by atoms with Crippen molar-refractivity contribution in [3.63, 3.8) is 0 Å². The number of rotatable bonds is 4. The van der Waals surface area contributed by atoms with Gasteiger partial charge in [0, 0.05) is 6.04 Å². The third kappa shape index (κ3) is 1.61. The first-order valence-electron chi connectivity index (χ1n) is 5.02. The summed E-state index contributed by atoms with van der Waals surface area (Å²) in [4.78, 5) is 23.6. The molecule has 0 radical (unpaired) electrons. The molecule has 0 spiro atoms. The van der Waals surface area contributed by atoms with Crippen molar-refractivity contribution in [2.24, 2.45) is 0 Å². The van der Waals surface area contributed by atoms with E-state index >= 15 is 0 Å². The number of carboxylic acid groups (broad SMARTS) is 1. The van der Waals surface area contributed by atoms with Gasteiger partial charge in [-0.3, -0.25) is 4.79 Å². The first-order valence-corrected chi connectivity index (χ1v) is 5.02. The highest BCUT2D eigenvalue weighted by atomic mass is 16.4. The van der Waals surface area contributed by atoms with E-state index < -0.39 is 11.5 Å². The van der Waals surface area contributed by atoms with Gasteiger partial charge in [0.25, 0.3) is 0 Å². The van der Waals surface area contributed by atoms with Crippen molar-refractivity contribution in [3.8, 4) is 0 Å². The quantitative estimate of drug-likeness (QED) is 0.693. The van der Waals surface area contributed by atoms with E-state index in [9.17, 15) is 14.7 Å². The Morgan fingerprint density at radius 3 is 2.21 bits per heavy atom. The molecule has 0 bridgehead atoms. The van der Waals surface area contributed by atoms with Crippen LogP contribution in [0.25, 0.3) is 0 Å². The summed E-state index contributed by atoms with van der Waals surface area (Å²) in [7, 11) is 0. The predicted molar refractivity (Wildman–Crippen MR) is 51.9 cm³/mol. The van der Waals surface area contributed by atoms with Gasteiger partial charge in [0.1, 0.15) is 5.54 Å². The lowest BCUT2D eigenvalue weighted by Crippen LogP contribution is -2.54. The fraction of sp³-hybridized carbons (Fsp3) is 0.800. The van der Waals surface area contributed by atoms with Gasteiger partial charge in [-0.15, -0.1) is 0 Å². The van der Waals surface area contributed by atoms with Crippen LogP contribution in [-0.2, 0) is 9.59 Å². The average molecular weight is 199 g/mol. The van der Waals surface area contributed by atoms with Crippen LogP contribution in [0, 0.1) is 0 Å². The topological polar surface area (TPSA) is 57.6 Å². The van der Waals surface area contributed by atoms with Gasteiger partial charge in [-0.05, 0) is 26.7 Å². The first kappa shape index (κ1) is 11.0. The molecule has 0 aliphatic heterocycles. The molecule has 4 heteroatoms. The summed E-state index contributed by atoms with van der Waals surface area (Å²) in [5.74, 6) is -0.865. The van der Waals surface area contributed by atoms with Crippen LogP contribution in [0.15, 0.2) is 0 Å². The zero-order chi connectivity index (χ0) is 10.8. The highest BCUT2D eigenvalue weighted by Gasteiger charge is 2.46. The lowest BCUT2D eigenvalue weighted by atomic mass is 9.94. The van der Waals surface area contributed by atoms with Crippen molar-refractivity contribution < 1.29 is 14.7 Å². The molecule has 1 fully saturated rings. The maximum atomic E-state index is 11.2. The molecule has 1 rings (SSSR count). The molecular formula is C10H17NO3. The van der Waals surface area contributed by atoms with Gasteiger partial charge < -0.3 is 10.0 Å². The fourth-order valence-electron chi connectivity index (χ4n) is 2.26. The van der Waals surface area contributed by atoms with Crippen molar-refractivity contribution in [3.05, 3.63) is 0 Å². The molecule has 0 atom stereocenters. The minimum atomic E-state index is -0.935. The molecule has 0 aromatic carbocycles. The van der Waals surface area contributed by atoms with Crippen LogP contribution in [-0.4, -0.2) is 34.0 Å². The lowest BCUT2D eigenvalue weighted by molar-refractivity contribution is -0.156. The Kier molecular flexibility index (Phi) is 3.13. The number of amides is 1. The lowest BCUT2D eigenvalue weighted by Gasteiger charge is -2.37. The Morgan fingerprint density at radius 2 is 1.93 bits per heavy atom. The van der Waals surface area contributed by atoms with Crippen LogP contribution in [0.4, 0.5) is 0 Å². The van der Waals surface area contributed by atoms with Gasteiger partial charge in [-0.25, -0.2) is 4.79 Å². The van der Waals surface area contributed by atoms with Crippen LogP contribution in [0.1, 0.15) is 39.5 Å². The number of carbonyl (C=O) groups excluding carboxylic acids is 1. The number of carbonyl (C=O) groups is 2. The minimum absolute atomic E-state index is 0.0540. The molecule has 80 valence electrons. The molecule has 1 amide bonds. The molecule has 0 unspecified atom stereocenters. The van der Waals surface area contributed by atoms with E-state index in [-0.39, 0.29) is 6.04 Å². The summed E-state index contributed by atoms with van der Waals surface area (Å²) in [5, 5.41) is 9.21. The second-order valence-corrected chi connectivity index (χ2v) is 4.15. The first-order chi connectivity index (χ1) is 6.54. The molecule has 1 aliphatic carbocycles. The van der Waals surface area contributed by atoms with Crippen molar-refractivity contribution in [1.29, 1.82) is 0 Å². The fourth-order valence-corrected chi connectivity index (χ4v) is 2.26. The van der Waals surface area contributed by atoms with Gasteiger partial charge in [0.15, 0.2) is 0 Å². The third-order valence-electron chi connectivity index (χ3n) is 2.99. The summed E-state index contributed by atoms with van der Waals surface area (Å²) >= 11 is 0. The second kappa shape index (κ2) is 3.98. The summed E-state index contributed by atoms with van der Waals surface area (Å²) < 4.78 is 0. The number of aliphatic carboxylic acids is 1. The van der Waals surface area contributed by atoms with Crippen LogP contribution in [0.2, 0.25) is 0 Å². The third-order valence-corrected chi connectivity index (χ3v) is 2.99. The zero-order valence-corrected chi connectivity index (χ0v) is 8.69. The number of hydrogen-bond donors (Lipinski definition) is 1. The van der Waals surface area contributed by atoms with Gasteiger partial charge >= 0.3 is 5.97 Å². The second-order valence-electron chi connectivity index (χ2n) is 4.15. The van der Waals surface area contributed by atoms with Crippen molar-refractivity contribution in [2.75, 3.05) is 0 Å². The Morgan fingerprint density at radius 1 is 1.43 bits per heavy atom. The molecule has 1 saturated carbocycles. The van der Waals surface area contributed by atoms with Crippen LogP contribution >= 0.6 is 0 Å². The van der Waals surface area contributed by atoms with E-state index in [4.69, 9.17) is 0 Å². The number of hydrogen-bond acceptors (Lipinski definition) is 2. The summed E-state index contributed by atoms with van der Waals surface area (Å²) in [6.07, 6.45) is 3.62. The van der Waals surface area contributed by atoms with E-state index in [1.165, 1.54) is 4.90 Å². The van der Waals surface area contributed by atoms with Crippen LogP contribution < -0.4 is 0 Å². The average Bonchev–Trinajstić information content (AvgIpc) is 2.54. The Hall–Kier alpha value is -1.06. The van der Waals surface area contributed by atoms with Crippen LogP contribution in [0.5, 0.6) is 0 Å². The zero-order valence-electron chi connectivity index (χ0n) is 8.69. The molecule has 0 saturated heterocycles. The monoisotopic (exact) mass is 199 g/mol. The minimum Gasteiger partial charge on any atom is -0.479 e. The summed E-state index contributed by atoms with van der Waals surface area (Å²) in [6.45, 7) is 3.69. The smallest absolute Gasteiger partial charge is 0.329 e. The highest BCUT2D eigenvalue weighted by molar-refractivity contribution is 5.82. The predicted octanol–water partition coefficient (Wildman–Crippen LogP) is 1.25. The molecule has 14 heavy (non-hydrogen) atoms. The highest BCUT2D eigenvalue weighted by Crippen LogP contribution is 2.35. The van der Waals surface area contributed by atoms with E-state index in [2.05, 4.69) is 0 Å². The van der Waals surface area contributed by atoms with Crippen LogP contribution in [0.3, 0.4) is 0 Å². The van der Waals surface area contributed by atoms with Crippen molar-refractivity contribution in [2.45, 2.75) is 51.1 Å².